The van der Waals surface area contributed by atoms with Gasteiger partial charge in [0.2, 0.25) is 11.8 Å². The van der Waals surface area contributed by atoms with Crippen LogP contribution < -0.4 is 10.6 Å². The molecule has 1 aliphatic heterocycles. The fourth-order valence-electron chi connectivity index (χ4n) is 3.60. The molecule has 0 bridgehead atoms. The molecule has 27 heavy (non-hydrogen) atoms. The first kappa shape index (κ1) is 19.1. The molecule has 2 aromatic carbocycles. The highest BCUT2D eigenvalue weighted by Crippen LogP contribution is 2.27. The molecule has 0 radical (unpaired) electrons. The number of nitrogens with zero attached hydrogens (tertiary/aromatic N) is 2. The van der Waals surface area contributed by atoms with Crippen LogP contribution in [0, 0.1) is 0 Å². The molecular formula is C22H27N3O2. The van der Waals surface area contributed by atoms with E-state index < -0.39 is 0 Å². The Kier molecular flexibility index (Phi) is 6.24. The summed E-state index contributed by atoms with van der Waals surface area (Å²) in [6.07, 6.45) is 2.95. The van der Waals surface area contributed by atoms with Crippen LogP contribution in [0.3, 0.4) is 0 Å². The Bertz CT molecular complexity index is 791. The zero-order chi connectivity index (χ0) is 19.2. The second-order valence-corrected chi connectivity index (χ2v) is 6.94. The predicted molar refractivity (Wildman–Crippen MR) is 108 cm³/mol. The first-order valence-electron chi connectivity index (χ1n) is 9.59. The Morgan fingerprint density at radius 2 is 1.85 bits per heavy atom. The molecule has 5 nitrogen and oxygen atoms in total. The second kappa shape index (κ2) is 8.82. The van der Waals surface area contributed by atoms with E-state index in [1.54, 1.807) is 4.90 Å². The Balaban J connectivity index is 1.86. The molecule has 0 spiro atoms. The van der Waals surface area contributed by atoms with Gasteiger partial charge in [-0.2, -0.15) is 0 Å². The smallest absolute Gasteiger partial charge is 0.246 e. The van der Waals surface area contributed by atoms with Gasteiger partial charge in [-0.15, -0.1) is 0 Å². The van der Waals surface area contributed by atoms with Crippen molar-refractivity contribution in [3.8, 4) is 11.1 Å². The summed E-state index contributed by atoms with van der Waals surface area (Å²) >= 11 is 0. The van der Waals surface area contributed by atoms with Crippen molar-refractivity contribution < 1.29 is 9.59 Å². The number of unbranched alkanes of at least 4 members (excludes halogenated alkanes) is 1. The van der Waals surface area contributed by atoms with Crippen molar-refractivity contribution in [2.45, 2.75) is 32.2 Å². The lowest BCUT2D eigenvalue weighted by molar-refractivity contribution is -0.138. The molecule has 3 rings (SSSR count). The number of nitrogens with two attached hydrogens (primary N) is 1. The average Bonchev–Trinajstić information content (AvgIpc) is 2.72. The third kappa shape index (κ3) is 4.37. The highest BCUT2D eigenvalue weighted by atomic mass is 16.2. The normalized spacial score (nSPS) is 17.3. The van der Waals surface area contributed by atoms with Gasteiger partial charge in [0.15, 0.2) is 0 Å². The summed E-state index contributed by atoms with van der Waals surface area (Å²) in [5.74, 6) is -0.211. The van der Waals surface area contributed by atoms with Crippen LogP contribution in [0.5, 0.6) is 0 Å². The zero-order valence-corrected chi connectivity index (χ0v) is 15.8. The fraction of sp³-hybridized carbons (Fsp3) is 0.364. The molecule has 0 aromatic heterocycles. The quantitative estimate of drug-likeness (QED) is 0.856. The molecule has 1 heterocycles. The zero-order valence-electron chi connectivity index (χ0n) is 15.8. The average molecular weight is 365 g/mol. The van der Waals surface area contributed by atoms with Gasteiger partial charge in [0, 0.05) is 12.2 Å². The third-order valence-corrected chi connectivity index (χ3v) is 5.09. The van der Waals surface area contributed by atoms with Crippen molar-refractivity contribution in [1.29, 1.82) is 0 Å². The first-order chi connectivity index (χ1) is 13.1. The van der Waals surface area contributed by atoms with Gasteiger partial charge in [0.25, 0.3) is 0 Å². The Labute approximate surface area is 160 Å². The molecule has 2 aromatic rings. The van der Waals surface area contributed by atoms with Gasteiger partial charge >= 0.3 is 0 Å². The minimum atomic E-state index is -0.151. The molecule has 5 heteroatoms. The van der Waals surface area contributed by atoms with E-state index in [1.165, 1.54) is 0 Å². The molecule has 0 unspecified atom stereocenters. The van der Waals surface area contributed by atoms with Crippen LogP contribution in [0.2, 0.25) is 0 Å². The topological polar surface area (TPSA) is 66.6 Å². The molecule has 1 fully saturated rings. The second-order valence-electron chi connectivity index (χ2n) is 6.94. The molecule has 1 atom stereocenters. The van der Waals surface area contributed by atoms with Crippen LogP contribution in [-0.4, -0.2) is 42.4 Å². The Morgan fingerprint density at radius 1 is 1.11 bits per heavy atom. The predicted octanol–water partition coefficient (Wildman–Crippen LogP) is 3.05. The maximum absolute atomic E-state index is 12.8. The summed E-state index contributed by atoms with van der Waals surface area (Å²) in [6, 6.07) is 18.2. The van der Waals surface area contributed by atoms with Crippen molar-refractivity contribution >= 4 is 17.5 Å². The van der Waals surface area contributed by atoms with Crippen LogP contribution in [0.15, 0.2) is 54.6 Å². The lowest BCUT2D eigenvalue weighted by atomic mass is 10.0. The van der Waals surface area contributed by atoms with Crippen molar-refractivity contribution in [3.05, 3.63) is 54.6 Å². The maximum atomic E-state index is 12.8. The monoisotopic (exact) mass is 365 g/mol. The SMILES string of the molecule is CCCC[C@@H]1CN(c2cccc(-c3ccccc3)c2)C(=O)CN1C(=O)CN. The minimum absolute atomic E-state index is 0.0130. The summed E-state index contributed by atoms with van der Waals surface area (Å²) in [4.78, 5) is 28.5. The largest absolute Gasteiger partial charge is 0.327 e. The summed E-state index contributed by atoms with van der Waals surface area (Å²) in [5.41, 5.74) is 8.62. The number of rotatable bonds is 6. The molecule has 1 aliphatic rings. The van der Waals surface area contributed by atoms with Gasteiger partial charge in [-0.3, -0.25) is 9.59 Å². The fourth-order valence-corrected chi connectivity index (χ4v) is 3.60. The van der Waals surface area contributed by atoms with Gasteiger partial charge < -0.3 is 15.5 Å². The minimum Gasteiger partial charge on any atom is -0.327 e. The van der Waals surface area contributed by atoms with E-state index in [2.05, 4.69) is 19.1 Å². The van der Waals surface area contributed by atoms with Crippen molar-refractivity contribution in [2.75, 3.05) is 24.5 Å². The van der Waals surface area contributed by atoms with Gasteiger partial charge in [-0.05, 0) is 29.7 Å². The van der Waals surface area contributed by atoms with Gasteiger partial charge in [0.1, 0.15) is 6.54 Å². The van der Waals surface area contributed by atoms with Crippen LogP contribution in [-0.2, 0) is 9.59 Å². The standard InChI is InChI=1S/C22H27N3O2/c1-2-3-11-20-15-24(22(27)16-25(20)21(26)14-23)19-12-7-10-18(13-19)17-8-5-4-6-9-17/h4-10,12-13,20H,2-3,11,14-16,23H2,1H3/t20-/m1/s1. The van der Waals surface area contributed by atoms with Crippen molar-refractivity contribution in [2.24, 2.45) is 5.73 Å². The molecule has 0 saturated carbocycles. The summed E-state index contributed by atoms with van der Waals surface area (Å²) in [6.45, 7) is 2.69. The lowest BCUT2D eigenvalue weighted by Gasteiger charge is -2.41. The highest BCUT2D eigenvalue weighted by molar-refractivity contribution is 5.98. The summed E-state index contributed by atoms with van der Waals surface area (Å²) < 4.78 is 0. The van der Waals surface area contributed by atoms with E-state index in [-0.39, 0.29) is 30.9 Å². The van der Waals surface area contributed by atoms with Gasteiger partial charge in [-0.25, -0.2) is 0 Å². The van der Waals surface area contributed by atoms with E-state index >= 15 is 0 Å². The van der Waals surface area contributed by atoms with Crippen molar-refractivity contribution in [1.82, 2.24) is 4.90 Å². The van der Waals surface area contributed by atoms with Crippen LogP contribution in [0.1, 0.15) is 26.2 Å². The molecule has 1 saturated heterocycles. The summed E-state index contributed by atoms with van der Waals surface area (Å²) in [7, 11) is 0. The molecule has 2 N–H and O–H groups in total. The molecule has 2 amide bonds. The number of carbonyl (C=O) groups is 2. The van der Waals surface area contributed by atoms with E-state index in [0.29, 0.717) is 6.54 Å². The number of benzene rings is 2. The number of anilines is 1. The molecular weight excluding hydrogens is 338 g/mol. The Morgan fingerprint density at radius 3 is 2.56 bits per heavy atom. The van der Waals surface area contributed by atoms with Crippen LogP contribution in [0.4, 0.5) is 5.69 Å². The number of carbonyl (C=O) groups excluding carboxylic acids is 2. The van der Waals surface area contributed by atoms with E-state index in [1.807, 2.05) is 47.4 Å². The van der Waals surface area contributed by atoms with Gasteiger partial charge in [-0.1, -0.05) is 62.2 Å². The molecule has 0 aliphatic carbocycles. The van der Waals surface area contributed by atoms with Crippen LogP contribution >= 0.6 is 0 Å². The van der Waals surface area contributed by atoms with E-state index in [0.717, 1.165) is 36.1 Å². The van der Waals surface area contributed by atoms with Crippen molar-refractivity contribution in [3.63, 3.8) is 0 Å². The summed E-state index contributed by atoms with van der Waals surface area (Å²) in [5, 5.41) is 0. The van der Waals surface area contributed by atoms with E-state index in [9.17, 15) is 9.59 Å². The number of hydrogen-bond donors (Lipinski definition) is 1. The first-order valence-corrected chi connectivity index (χ1v) is 9.59. The number of hydrogen-bond acceptors (Lipinski definition) is 3. The van der Waals surface area contributed by atoms with Gasteiger partial charge in [0.05, 0.1) is 12.6 Å². The van der Waals surface area contributed by atoms with Crippen LogP contribution in [0.25, 0.3) is 11.1 Å². The number of piperazine rings is 1. The molecule has 142 valence electrons. The van der Waals surface area contributed by atoms with E-state index in [4.69, 9.17) is 5.73 Å². The highest BCUT2D eigenvalue weighted by Gasteiger charge is 2.34. The third-order valence-electron chi connectivity index (χ3n) is 5.09. The number of amides is 2. The lowest BCUT2D eigenvalue weighted by Crippen LogP contribution is -2.59. The Hall–Kier alpha value is -2.66. The maximum Gasteiger partial charge on any atom is 0.246 e.